The molecule has 0 aromatic rings. The number of nitrogens with zero attached hydrogens (tertiary/aromatic N) is 1. The van der Waals surface area contributed by atoms with Crippen LogP contribution in [0.4, 0.5) is 0 Å². The van der Waals surface area contributed by atoms with Crippen LogP contribution in [0.5, 0.6) is 0 Å². The van der Waals surface area contributed by atoms with Gasteiger partial charge in [0.2, 0.25) is 11.8 Å². The lowest BCUT2D eigenvalue weighted by Gasteiger charge is -2.31. The zero-order valence-electron chi connectivity index (χ0n) is 9.16. The molecule has 86 valence electrons. The highest BCUT2D eigenvalue weighted by atomic mass is 16.2. The molecule has 1 fully saturated rings. The van der Waals surface area contributed by atoms with Gasteiger partial charge in [0.15, 0.2) is 0 Å². The second-order valence-electron chi connectivity index (χ2n) is 3.97. The smallest absolute Gasteiger partial charge is 0.236 e. The number of carbonyl (C=O) groups is 2. The summed E-state index contributed by atoms with van der Waals surface area (Å²) in [5, 5.41) is 2.81. The largest absolute Gasteiger partial charge is 0.356 e. The summed E-state index contributed by atoms with van der Waals surface area (Å²) >= 11 is 0. The van der Waals surface area contributed by atoms with E-state index in [2.05, 4.69) is 5.32 Å². The predicted molar refractivity (Wildman–Crippen MR) is 57.0 cm³/mol. The van der Waals surface area contributed by atoms with Crippen molar-refractivity contribution in [3.63, 3.8) is 0 Å². The first-order valence-corrected chi connectivity index (χ1v) is 5.35. The van der Waals surface area contributed by atoms with Crippen molar-refractivity contribution in [2.45, 2.75) is 19.8 Å². The molecule has 0 aromatic heterocycles. The highest BCUT2D eigenvalue weighted by molar-refractivity contribution is 5.78. The highest BCUT2D eigenvalue weighted by Gasteiger charge is 2.21. The monoisotopic (exact) mass is 213 g/mol. The normalized spacial score (nSPS) is 17.6. The van der Waals surface area contributed by atoms with Crippen LogP contribution < -0.4 is 11.1 Å². The molecule has 15 heavy (non-hydrogen) atoms. The Bertz CT molecular complexity index is 235. The van der Waals surface area contributed by atoms with Gasteiger partial charge in [-0.05, 0) is 18.8 Å². The minimum absolute atomic E-state index is 0.00969. The number of hydrogen-bond donors (Lipinski definition) is 2. The zero-order chi connectivity index (χ0) is 11.3. The molecule has 0 unspecified atom stereocenters. The Morgan fingerprint density at radius 1 is 1.40 bits per heavy atom. The minimum Gasteiger partial charge on any atom is -0.356 e. The van der Waals surface area contributed by atoms with Crippen molar-refractivity contribution in [2.24, 2.45) is 11.7 Å². The Morgan fingerprint density at radius 2 is 2.00 bits per heavy atom. The lowest BCUT2D eigenvalue weighted by molar-refractivity contribution is -0.131. The highest BCUT2D eigenvalue weighted by Crippen LogP contribution is 2.16. The molecule has 0 saturated carbocycles. The molecule has 0 aromatic carbocycles. The van der Waals surface area contributed by atoms with Crippen LogP contribution in [0.1, 0.15) is 19.8 Å². The average Bonchev–Trinajstić information content (AvgIpc) is 2.26. The number of nitrogens with two attached hydrogens (primary N) is 1. The van der Waals surface area contributed by atoms with Gasteiger partial charge in [-0.25, -0.2) is 0 Å². The number of nitrogens with one attached hydrogen (secondary N) is 1. The average molecular weight is 213 g/mol. The summed E-state index contributed by atoms with van der Waals surface area (Å²) in [6.07, 6.45) is 1.90. The first-order valence-electron chi connectivity index (χ1n) is 5.35. The van der Waals surface area contributed by atoms with Crippen LogP contribution in [-0.4, -0.2) is 42.9 Å². The summed E-state index contributed by atoms with van der Waals surface area (Å²) in [7, 11) is 0. The van der Waals surface area contributed by atoms with E-state index in [9.17, 15) is 9.59 Å². The number of amides is 2. The van der Waals surface area contributed by atoms with Gasteiger partial charge >= 0.3 is 0 Å². The van der Waals surface area contributed by atoms with Crippen molar-refractivity contribution >= 4 is 11.8 Å². The van der Waals surface area contributed by atoms with E-state index in [1.165, 1.54) is 6.92 Å². The summed E-state index contributed by atoms with van der Waals surface area (Å²) in [4.78, 5) is 23.8. The van der Waals surface area contributed by atoms with Gasteiger partial charge in [-0.2, -0.15) is 0 Å². The molecule has 0 aliphatic carbocycles. The van der Waals surface area contributed by atoms with Crippen LogP contribution in [0.3, 0.4) is 0 Å². The SMILES string of the molecule is CC(=O)NCC1CCN(C(=O)CN)CC1. The molecule has 5 heteroatoms. The third-order valence-electron chi connectivity index (χ3n) is 2.78. The molecule has 1 aliphatic heterocycles. The fraction of sp³-hybridized carbons (Fsp3) is 0.800. The van der Waals surface area contributed by atoms with Gasteiger partial charge in [0, 0.05) is 26.6 Å². The second kappa shape index (κ2) is 5.70. The van der Waals surface area contributed by atoms with E-state index >= 15 is 0 Å². The topological polar surface area (TPSA) is 75.4 Å². The van der Waals surface area contributed by atoms with Crippen LogP contribution in [-0.2, 0) is 9.59 Å². The standard InChI is InChI=1S/C10H19N3O2/c1-8(14)12-7-9-2-4-13(5-3-9)10(15)6-11/h9H,2-7,11H2,1H3,(H,12,14). The summed E-state index contributed by atoms with van der Waals surface area (Å²) in [6, 6.07) is 0. The third-order valence-corrected chi connectivity index (χ3v) is 2.78. The quantitative estimate of drug-likeness (QED) is 0.652. The fourth-order valence-corrected chi connectivity index (χ4v) is 1.80. The maximum atomic E-state index is 11.3. The third kappa shape index (κ3) is 3.87. The molecule has 0 radical (unpaired) electrons. The summed E-state index contributed by atoms with van der Waals surface area (Å²) in [5.41, 5.74) is 5.29. The van der Waals surface area contributed by atoms with Crippen LogP contribution in [0.2, 0.25) is 0 Å². The summed E-state index contributed by atoms with van der Waals surface area (Å²) < 4.78 is 0. The Kier molecular flexibility index (Phi) is 4.55. The molecular weight excluding hydrogens is 194 g/mol. The summed E-state index contributed by atoms with van der Waals surface area (Å²) in [5.74, 6) is 0.527. The number of rotatable bonds is 3. The van der Waals surface area contributed by atoms with E-state index in [0.717, 1.165) is 32.5 Å². The van der Waals surface area contributed by atoms with Crippen LogP contribution in [0.25, 0.3) is 0 Å². The fourth-order valence-electron chi connectivity index (χ4n) is 1.80. The molecule has 3 N–H and O–H groups in total. The molecule has 2 amide bonds. The van der Waals surface area contributed by atoms with Crippen molar-refractivity contribution < 1.29 is 9.59 Å². The van der Waals surface area contributed by atoms with E-state index in [-0.39, 0.29) is 18.4 Å². The molecule has 1 aliphatic rings. The van der Waals surface area contributed by atoms with Crippen molar-refractivity contribution in [3.8, 4) is 0 Å². The van der Waals surface area contributed by atoms with E-state index in [0.29, 0.717) is 5.92 Å². The molecule has 1 saturated heterocycles. The van der Waals surface area contributed by atoms with Crippen molar-refractivity contribution in [2.75, 3.05) is 26.2 Å². The van der Waals surface area contributed by atoms with Gasteiger partial charge in [0.05, 0.1) is 6.54 Å². The first kappa shape index (κ1) is 12.0. The second-order valence-corrected chi connectivity index (χ2v) is 3.97. The maximum absolute atomic E-state index is 11.3. The number of hydrogen-bond acceptors (Lipinski definition) is 3. The Hall–Kier alpha value is -1.10. The first-order chi connectivity index (χ1) is 7.13. The lowest BCUT2D eigenvalue weighted by Crippen LogP contribution is -2.43. The molecular formula is C10H19N3O2. The number of piperidine rings is 1. The van der Waals surface area contributed by atoms with E-state index in [1.54, 1.807) is 4.90 Å². The molecule has 0 bridgehead atoms. The molecule has 0 spiro atoms. The predicted octanol–water partition coefficient (Wildman–Crippen LogP) is -0.680. The Morgan fingerprint density at radius 3 is 2.47 bits per heavy atom. The van der Waals surface area contributed by atoms with Gasteiger partial charge < -0.3 is 16.0 Å². The summed E-state index contributed by atoms with van der Waals surface area (Å²) in [6.45, 7) is 3.87. The van der Waals surface area contributed by atoms with Crippen molar-refractivity contribution in [1.29, 1.82) is 0 Å². The molecule has 1 rings (SSSR count). The van der Waals surface area contributed by atoms with Crippen molar-refractivity contribution in [1.82, 2.24) is 10.2 Å². The number of carbonyl (C=O) groups excluding carboxylic acids is 2. The number of likely N-dealkylation sites (tertiary alicyclic amines) is 1. The lowest BCUT2D eigenvalue weighted by atomic mass is 9.97. The Balaban J connectivity index is 2.23. The Labute approximate surface area is 90.0 Å². The van der Waals surface area contributed by atoms with Gasteiger partial charge in [-0.1, -0.05) is 0 Å². The van der Waals surface area contributed by atoms with Crippen molar-refractivity contribution in [3.05, 3.63) is 0 Å². The minimum atomic E-state index is 0.00969. The van der Waals surface area contributed by atoms with Crippen LogP contribution in [0.15, 0.2) is 0 Å². The molecule has 0 atom stereocenters. The van der Waals surface area contributed by atoms with E-state index in [4.69, 9.17) is 5.73 Å². The van der Waals surface area contributed by atoms with Gasteiger partial charge in [-0.15, -0.1) is 0 Å². The van der Waals surface area contributed by atoms with Crippen LogP contribution >= 0.6 is 0 Å². The van der Waals surface area contributed by atoms with Gasteiger partial charge in [0.25, 0.3) is 0 Å². The van der Waals surface area contributed by atoms with Crippen LogP contribution in [0, 0.1) is 5.92 Å². The van der Waals surface area contributed by atoms with Gasteiger partial charge in [0.1, 0.15) is 0 Å². The van der Waals surface area contributed by atoms with E-state index < -0.39 is 0 Å². The maximum Gasteiger partial charge on any atom is 0.236 e. The molecule has 5 nitrogen and oxygen atoms in total. The zero-order valence-corrected chi connectivity index (χ0v) is 9.16. The molecule has 1 heterocycles. The van der Waals surface area contributed by atoms with Gasteiger partial charge in [-0.3, -0.25) is 9.59 Å². The van der Waals surface area contributed by atoms with E-state index in [1.807, 2.05) is 0 Å².